The fourth-order valence-corrected chi connectivity index (χ4v) is 1.60. The molecule has 0 bridgehead atoms. The van der Waals surface area contributed by atoms with Crippen molar-refractivity contribution in [1.82, 2.24) is 4.98 Å². The summed E-state index contributed by atoms with van der Waals surface area (Å²) in [5.74, 6) is 0.827. The first kappa shape index (κ1) is 12.8. The van der Waals surface area contributed by atoms with Crippen LogP contribution >= 0.6 is 0 Å². The molecule has 2 aromatic rings. The fourth-order valence-electron chi connectivity index (χ4n) is 1.60. The fraction of sp³-hybridized carbons (Fsp3) is 0.154. The van der Waals surface area contributed by atoms with Gasteiger partial charge >= 0.3 is 0 Å². The first-order valence-electron chi connectivity index (χ1n) is 5.56. The summed E-state index contributed by atoms with van der Waals surface area (Å²) in [5, 5.41) is 20.2. The van der Waals surface area contributed by atoms with Gasteiger partial charge in [0.2, 0.25) is 5.88 Å². The molecule has 0 unspecified atom stereocenters. The van der Waals surface area contributed by atoms with Crippen LogP contribution in [0.4, 0.5) is 5.69 Å². The van der Waals surface area contributed by atoms with Crippen LogP contribution in [-0.2, 0) is 0 Å². The smallest absolute Gasteiger partial charge is 0.290 e. The molecule has 6 nitrogen and oxygen atoms in total. The number of benzene rings is 1. The van der Waals surface area contributed by atoms with Crippen LogP contribution in [0.25, 0.3) is 0 Å². The molecule has 1 aromatic carbocycles. The average molecular weight is 260 g/mol. The highest BCUT2D eigenvalue weighted by atomic mass is 16.6. The van der Waals surface area contributed by atoms with Crippen LogP contribution in [0, 0.1) is 24.0 Å². The van der Waals surface area contributed by atoms with E-state index in [1.165, 1.54) is 6.07 Å². The van der Waals surface area contributed by atoms with Crippen LogP contribution in [-0.4, -0.2) is 15.0 Å². The third kappa shape index (κ3) is 2.62. The molecule has 19 heavy (non-hydrogen) atoms. The summed E-state index contributed by atoms with van der Waals surface area (Å²) < 4.78 is 5.51. The van der Waals surface area contributed by atoms with Gasteiger partial charge in [-0.05, 0) is 26.0 Å². The Kier molecular flexibility index (Phi) is 3.33. The number of aromatic hydroxyl groups is 1. The number of aryl methyl sites for hydroxylation is 1. The monoisotopic (exact) mass is 260 g/mol. The first-order valence-corrected chi connectivity index (χ1v) is 5.56. The molecule has 0 aliphatic rings. The van der Waals surface area contributed by atoms with E-state index in [9.17, 15) is 15.2 Å². The van der Waals surface area contributed by atoms with Gasteiger partial charge in [0.05, 0.1) is 4.92 Å². The molecule has 98 valence electrons. The summed E-state index contributed by atoms with van der Waals surface area (Å²) >= 11 is 0. The molecule has 1 heterocycles. The third-order valence-corrected chi connectivity index (χ3v) is 2.72. The van der Waals surface area contributed by atoms with Crippen LogP contribution in [0.1, 0.15) is 11.1 Å². The van der Waals surface area contributed by atoms with E-state index in [1.807, 2.05) is 0 Å². The number of ether oxygens (including phenoxy) is 1. The minimum Gasteiger partial charge on any atom is -0.508 e. The minimum atomic E-state index is -0.494. The van der Waals surface area contributed by atoms with Gasteiger partial charge in [-0.2, -0.15) is 0 Å². The zero-order chi connectivity index (χ0) is 14.0. The lowest BCUT2D eigenvalue weighted by Gasteiger charge is -2.09. The van der Waals surface area contributed by atoms with Gasteiger partial charge in [0, 0.05) is 17.2 Å². The van der Waals surface area contributed by atoms with Crippen molar-refractivity contribution in [3.05, 3.63) is 51.7 Å². The molecule has 0 saturated heterocycles. The summed E-state index contributed by atoms with van der Waals surface area (Å²) in [6, 6.07) is 6.38. The maximum Gasteiger partial charge on any atom is 0.290 e. The number of hydrogen-bond donors (Lipinski definition) is 1. The Hall–Kier alpha value is -2.63. The van der Waals surface area contributed by atoms with Crippen LogP contribution in [0.5, 0.6) is 17.4 Å². The zero-order valence-electron chi connectivity index (χ0n) is 10.5. The van der Waals surface area contributed by atoms with Gasteiger partial charge in [-0.1, -0.05) is 6.07 Å². The summed E-state index contributed by atoms with van der Waals surface area (Å²) in [5.41, 5.74) is 0.994. The Morgan fingerprint density at radius 3 is 2.74 bits per heavy atom. The molecule has 0 fully saturated rings. The van der Waals surface area contributed by atoms with Crippen LogP contribution in [0.3, 0.4) is 0 Å². The van der Waals surface area contributed by atoms with E-state index < -0.39 is 4.92 Å². The van der Waals surface area contributed by atoms with E-state index in [0.29, 0.717) is 16.9 Å². The lowest BCUT2D eigenvalue weighted by Crippen LogP contribution is -1.95. The molecule has 1 aromatic heterocycles. The van der Waals surface area contributed by atoms with Gasteiger partial charge < -0.3 is 9.84 Å². The second-order valence-electron chi connectivity index (χ2n) is 4.07. The quantitative estimate of drug-likeness (QED) is 0.677. The number of aromatic nitrogens is 1. The van der Waals surface area contributed by atoms with Gasteiger partial charge in [0.1, 0.15) is 17.7 Å². The molecule has 0 aliphatic heterocycles. The van der Waals surface area contributed by atoms with Crippen molar-refractivity contribution in [1.29, 1.82) is 0 Å². The van der Waals surface area contributed by atoms with Crippen molar-refractivity contribution in [2.24, 2.45) is 0 Å². The van der Waals surface area contributed by atoms with Gasteiger partial charge in [-0.15, -0.1) is 0 Å². The van der Waals surface area contributed by atoms with E-state index in [-0.39, 0.29) is 17.3 Å². The average Bonchev–Trinajstić information content (AvgIpc) is 2.34. The highest BCUT2D eigenvalue weighted by Crippen LogP contribution is 2.30. The maximum absolute atomic E-state index is 10.7. The van der Waals surface area contributed by atoms with Crippen molar-refractivity contribution in [3.63, 3.8) is 0 Å². The Morgan fingerprint density at radius 1 is 1.37 bits per heavy atom. The van der Waals surface area contributed by atoms with Gasteiger partial charge in [0.15, 0.2) is 0 Å². The molecule has 1 N–H and O–H groups in total. The largest absolute Gasteiger partial charge is 0.508 e. The van der Waals surface area contributed by atoms with Crippen molar-refractivity contribution in [3.8, 4) is 17.4 Å². The minimum absolute atomic E-state index is 0.0556. The second kappa shape index (κ2) is 4.93. The molecule has 0 saturated carbocycles. The Morgan fingerprint density at radius 2 is 2.11 bits per heavy atom. The number of phenolic OH excluding ortho intramolecular Hbond substituents is 1. The van der Waals surface area contributed by atoms with Crippen LogP contribution in [0.2, 0.25) is 0 Å². The lowest BCUT2D eigenvalue weighted by atomic mass is 10.2. The number of nitrogens with zero attached hydrogens (tertiary/aromatic N) is 2. The van der Waals surface area contributed by atoms with Gasteiger partial charge in [-0.25, -0.2) is 4.98 Å². The number of phenols is 1. The molecule has 0 amide bonds. The summed E-state index contributed by atoms with van der Waals surface area (Å²) in [6.45, 7) is 3.32. The standard InChI is InChI=1S/C13H12N2O4/c1-8-6-13(14-7-10(8)15(17)18)19-12-5-3-4-11(16)9(12)2/h3-7,16H,1-2H3. The van der Waals surface area contributed by atoms with E-state index >= 15 is 0 Å². The highest BCUT2D eigenvalue weighted by Gasteiger charge is 2.13. The predicted molar refractivity (Wildman–Crippen MR) is 68.5 cm³/mol. The molecule has 0 radical (unpaired) electrons. The topological polar surface area (TPSA) is 85.5 Å². The summed E-state index contributed by atoms with van der Waals surface area (Å²) in [6.07, 6.45) is 1.16. The number of nitro groups is 1. The second-order valence-corrected chi connectivity index (χ2v) is 4.07. The Labute approximate surface area is 109 Å². The number of pyridine rings is 1. The van der Waals surface area contributed by atoms with Crippen molar-refractivity contribution in [2.45, 2.75) is 13.8 Å². The number of rotatable bonds is 3. The van der Waals surface area contributed by atoms with E-state index in [0.717, 1.165) is 6.20 Å². The molecule has 2 rings (SSSR count). The van der Waals surface area contributed by atoms with Crippen LogP contribution in [0.15, 0.2) is 30.5 Å². The molecular formula is C13H12N2O4. The van der Waals surface area contributed by atoms with E-state index in [1.54, 1.807) is 32.0 Å². The maximum atomic E-state index is 10.7. The van der Waals surface area contributed by atoms with Crippen LogP contribution < -0.4 is 4.74 Å². The Balaban J connectivity index is 2.32. The van der Waals surface area contributed by atoms with Crippen molar-refractivity contribution >= 4 is 5.69 Å². The van der Waals surface area contributed by atoms with Gasteiger partial charge in [0.25, 0.3) is 5.69 Å². The molecule has 6 heteroatoms. The molecule has 0 atom stereocenters. The molecule has 0 spiro atoms. The number of hydrogen-bond acceptors (Lipinski definition) is 5. The van der Waals surface area contributed by atoms with E-state index in [2.05, 4.69) is 4.98 Å². The van der Waals surface area contributed by atoms with Crippen molar-refractivity contribution in [2.75, 3.05) is 0 Å². The highest BCUT2D eigenvalue weighted by molar-refractivity contribution is 5.45. The molecule has 0 aliphatic carbocycles. The molecular weight excluding hydrogens is 248 g/mol. The summed E-state index contributed by atoms with van der Waals surface area (Å²) in [4.78, 5) is 14.1. The normalized spacial score (nSPS) is 10.2. The zero-order valence-corrected chi connectivity index (χ0v) is 10.5. The third-order valence-electron chi connectivity index (χ3n) is 2.72. The lowest BCUT2D eigenvalue weighted by molar-refractivity contribution is -0.385. The SMILES string of the molecule is Cc1cc(Oc2cccc(O)c2C)ncc1[N+](=O)[O-]. The van der Waals surface area contributed by atoms with Crippen molar-refractivity contribution < 1.29 is 14.8 Å². The Bertz CT molecular complexity index is 641. The predicted octanol–water partition coefficient (Wildman–Crippen LogP) is 3.10. The first-order chi connectivity index (χ1) is 8.99. The van der Waals surface area contributed by atoms with E-state index in [4.69, 9.17) is 4.74 Å². The summed E-state index contributed by atoms with van der Waals surface area (Å²) in [7, 11) is 0. The van der Waals surface area contributed by atoms with Gasteiger partial charge in [-0.3, -0.25) is 10.1 Å².